The molecule has 0 aliphatic rings. The van der Waals surface area contributed by atoms with Crippen molar-refractivity contribution in [1.29, 1.82) is 0 Å². The Morgan fingerprint density at radius 1 is 0.960 bits per heavy atom. The van der Waals surface area contributed by atoms with Crippen LogP contribution < -0.4 is 5.32 Å². The van der Waals surface area contributed by atoms with Crippen LogP contribution in [0.25, 0.3) is 0 Å². The molecule has 0 spiro atoms. The van der Waals surface area contributed by atoms with E-state index in [0.717, 1.165) is 16.1 Å². The van der Waals surface area contributed by atoms with Gasteiger partial charge in [0.2, 0.25) is 0 Å². The molecule has 0 saturated heterocycles. The molecule has 1 amide bonds. The smallest absolute Gasteiger partial charge is 0.258 e. The van der Waals surface area contributed by atoms with Crippen LogP contribution in [0.4, 0.5) is 5.69 Å². The second-order valence-corrected chi connectivity index (χ2v) is 7.03. The van der Waals surface area contributed by atoms with Crippen LogP contribution in [0.2, 0.25) is 0 Å². The fraction of sp³-hybridized carbons (Fsp3) is 0.143. The van der Waals surface area contributed by atoms with Crippen molar-refractivity contribution in [3.63, 3.8) is 0 Å². The average Bonchev–Trinajstić information content (AvgIpc) is 2.60. The SMILES string of the molecule is Cc1ccc(Sc2ncccc2C(=O)Nc2ccccc2C)c(C)c1. The first-order valence-electron chi connectivity index (χ1n) is 8.11. The van der Waals surface area contributed by atoms with E-state index in [1.807, 2.05) is 37.3 Å². The van der Waals surface area contributed by atoms with Gasteiger partial charge in [-0.25, -0.2) is 4.98 Å². The third-order valence-electron chi connectivity index (χ3n) is 3.95. The Morgan fingerprint density at radius 2 is 1.76 bits per heavy atom. The number of benzene rings is 2. The molecule has 0 fully saturated rings. The summed E-state index contributed by atoms with van der Waals surface area (Å²) < 4.78 is 0. The topological polar surface area (TPSA) is 42.0 Å². The van der Waals surface area contributed by atoms with Gasteiger partial charge in [-0.1, -0.05) is 47.7 Å². The molecule has 1 aromatic heterocycles. The molecule has 3 nitrogen and oxygen atoms in total. The fourth-order valence-electron chi connectivity index (χ4n) is 2.57. The van der Waals surface area contributed by atoms with E-state index in [0.29, 0.717) is 10.6 Å². The lowest BCUT2D eigenvalue weighted by Gasteiger charge is -2.12. The number of hydrogen-bond acceptors (Lipinski definition) is 3. The summed E-state index contributed by atoms with van der Waals surface area (Å²) in [6, 6.07) is 17.6. The van der Waals surface area contributed by atoms with E-state index in [4.69, 9.17) is 0 Å². The second kappa shape index (κ2) is 7.53. The highest BCUT2D eigenvalue weighted by atomic mass is 32.2. The Bertz CT molecular complexity index is 921. The first-order valence-corrected chi connectivity index (χ1v) is 8.93. The van der Waals surface area contributed by atoms with Crippen LogP contribution in [0, 0.1) is 20.8 Å². The zero-order valence-corrected chi connectivity index (χ0v) is 15.4. The summed E-state index contributed by atoms with van der Waals surface area (Å²) in [5.74, 6) is -0.144. The van der Waals surface area contributed by atoms with E-state index < -0.39 is 0 Å². The molecule has 0 saturated carbocycles. The van der Waals surface area contributed by atoms with Gasteiger partial charge >= 0.3 is 0 Å². The minimum Gasteiger partial charge on any atom is -0.322 e. The van der Waals surface area contributed by atoms with E-state index in [1.165, 1.54) is 22.9 Å². The standard InChI is InChI=1S/C21H20N2OS/c1-14-10-11-19(16(3)13-14)25-21-17(8-6-12-22-21)20(24)23-18-9-5-4-7-15(18)2/h4-13H,1-3H3,(H,23,24). The third-order valence-corrected chi connectivity index (χ3v) is 5.14. The highest BCUT2D eigenvalue weighted by molar-refractivity contribution is 7.99. The lowest BCUT2D eigenvalue weighted by molar-refractivity contribution is 0.102. The summed E-state index contributed by atoms with van der Waals surface area (Å²) in [5, 5.41) is 3.69. The van der Waals surface area contributed by atoms with Gasteiger partial charge in [0.25, 0.3) is 5.91 Å². The second-order valence-electron chi connectivity index (χ2n) is 6.00. The molecule has 0 unspecified atom stereocenters. The van der Waals surface area contributed by atoms with E-state index in [2.05, 4.69) is 42.3 Å². The van der Waals surface area contributed by atoms with Crippen molar-refractivity contribution in [2.45, 2.75) is 30.7 Å². The van der Waals surface area contributed by atoms with E-state index >= 15 is 0 Å². The van der Waals surface area contributed by atoms with Gasteiger partial charge in [-0.3, -0.25) is 4.79 Å². The first-order chi connectivity index (χ1) is 12.0. The van der Waals surface area contributed by atoms with Gasteiger partial charge in [0.15, 0.2) is 0 Å². The van der Waals surface area contributed by atoms with E-state index in [1.54, 1.807) is 12.3 Å². The van der Waals surface area contributed by atoms with Crippen molar-refractivity contribution < 1.29 is 4.79 Å². The normalized spacial score (nSPS) is 10.5. The lowest BCUT2D eigenvalue weighted by Crippen LogP contribution is -2.14. The Morgan fingerprint density at radius 3 is 2.52 bits per heavy atom. The van der Waals surface area contributed by atoms with Gasteiger partial charge in [-0.05, 0) is 56.2 Å². The van der Waals surface area contributed by atoms with Gasteiger partial charge in [0, 0.05) is 16.8 Å². The monoisotopic (exact) mass is 348 g/mol. The molecular weight excluding hydrogens is 328 g/mol. The van der Waals surface area contributed by atoms with Crippen LogP contribution in [0.5, 0.6) is 0 Å². The van der Waals surface area contributed by atoms with Crippen LogP contribution in [0.15, 0.2) is 70.7 Å². The molecule has 3 rings (SSSR count). The number of aromatic nitrogens is 1. The zero-order valence-electron chi connectivity index (χ0n) is 14.5. The largest absolute Gasteiger partial charge is 0.322 e. The number of carbonyl (C=O) groups excluding carboxylic acids is 1. The number of para-hydroxylation sites is 1. The average molecular weight is 348 g/mol. The molecular formula is C21H20N2OS. The number of hydrogen-bond donors (Lipinski definition) is 1. The predicted molar refractivity (Wildman–Crippen MR) is 103 cm³/mol. The Kier molecular flexibility index (Phi) is 5.19. The van der Waals surface area contributed by atoms with Crippen molar-refractivity contribution in [2.24, 2.45) is 0 Å². The quantitative estimate of drug-likeness (QED) is 0.685. The van der Waals surface area contributed by atoms with Crippen LogP contribution in [0.3, 0.4) is 0 Å². The first kappa shape index (κ1) is 17.2. The van der Waals surface area contributed by atoms with E-state index in [9.17, 15) is 4.79 Å². The summed E-state index contributed by atoms with van der Waals surface area (Å²) in [5.41, 5.74) is 4.83. The van der Waals surface area contributed by atoms with Crippen molar-refractivity contribution in [1.82, 2.24) is 4.98 Å². The summed E-state index contributed by atoms with van der Waals surface area (Å²) in [6.45, 7) is 6.12. The summed E-state index contributed by atoms with van der Waals surface area (Å²) >= 11 is 1.52. The number of nitrogens with one attached hydrogen (secondary N) is 1. The van der Waals surface area contributed by atoms with Gasteiger partial charge < -0.3 is 5.32 Å². The minimum absolute atomic E-state index is 0.144. The number of anilines is 1. The maximum absolute atomic E-state index is 12.8. The lowest BCUT2D eigenvalue weighted by atomic mass is 10.2. The minimum atomic E-state index is -0.144. The summed E-state index contributed by atoms with van der Waals surface area (Å²) in [4.78, 5) is 18.3. The maximum atomic E-state index is 12.8. The number of nitrogens with zero attached hydrogens (tertiary/aromatic N) is 1. The summed E-state index contributed by atoms with van der Waals surface area (Å²) in [6.07, 6.45) is 1.72. The van der Waals surface area contributed by atoms with Crippen molar-refractivity contribution >= 4 is 23.4 Å². The molecule has 0 bridgehead atoms. The van der Waals surface area contributed by atoms with Gasteiger partial charge in [-0.2, -0.15) is 0 Å². The van der Waals surface area contributed by atoms with Crippen LogP contribution in [0.1, 0.15) is 27.0 Å². The fourth-order valence-corrected chi connectivity index (χ4v) is 3.51. The molecule has 25 heavy (non-hydrogen) atoms. The zero-order chi connectivity index (χ0) is 17.8. The molecule has 1 N–H and O–H groups in total. The highest BCUT2D eigenvalue weighted by Crippen LogP contribution is 2.32. The molecule has 0 radical (unpaired) electrons. The van der Waals surface area contributed by atoms with Crippen molar-refractivity contribution in [3.8, 4) is 0 Å². The van der Waals surface area contributed by atoms with Gasteiger partial charge in [0.1, 0.15) is 5.03 Å². The molecule has 3 aromatic rings. The molecule has 0 aliphatic carbocycles. The summed E-state index contributed by atoms with van der Waals surface area (Å²) in [7, 11) is 0. The number of pyridine rings is 1. The Labute approximate surface area is 152 Å². The number of rotatable bonds is 4. The molecule has 0 atom stereocenters. The van der Waals surface area contributed by atoms with Gasteiger partial charge in [-0.15, -0.1) is 0 Å². The predicted octanol–water partition coefficient (Wildman–Crippen LogP) is 5.41. The molecule has 2 aromatic carbocycles. The number of carbonyl (C=O) groups is 1. The van der Waals surface area contributed by atoms with Crippen molar-refractivity contribution in [3.05, 3.63) is 83.0 Å². The maximum Gasteiger partial charge on any atom is 0.258 e. The Balaban J connectivity index is 1.88. The third kappa shape index (κ3) is 4.09. The molecule has 1 heterocycles. The molecule has 0 aliphatic heterocycles. The molecule has 4 heteroatoms. The highest BCUT2D eigenvalue weighted by Gasteiger charge is 2.15. The number of aryl methyl sites for hydroxylation is 3. The molecule has 126 valence electrons. The van der Waals surface area contributed by atoms with Crippen LogP contribution >= 0.6 is 11.8 Å². The van der Waals surface area contributed by atoms with E-state index in [-0.39, 0.29) is 5.91 Å². The van der Waals surface area contributed by atoms with Crippen molar-refractivity contribution in [2.75, 3.05) is 5.32 Å². The number of amides is 1. The van der Waals surface area contributed by atoms with Crippen LogP contribution in [-0.2, 0) is 0 Å². The van der Waals surface area contributed by atoms with Gasteiger partial charge in [0.05, 0.1) is 5.56 Å². The van der Waals surface area contributed by atoms with Crippen LogP contribution in [-0.4, -0.2) is 10.9 Å². The Hall–Kier alpha value is -2.59.